The molecule has 2 rings (SSSR count). The number of unbranched alkanes of at least 4 members (excludes halogenated alkanes) is 2. The molecule has 0 spiro atoms. The highest BCUT2D eigenvalue weighted by Crippen LogP contribution is 2.15. The number of aromatic nitrogens is 1. The highest BCUT2D eigenvalue weighted by molar-refractivity contribution is 6.04. The molecule has 1 aromatic carbocycles. The zero-order valence-corrected chi connectivity index (χ0v) is 13.6. The van der Waals surface area contributed by atoms with E-state index in [1.54, 1.807) is 18.3 Å². The van der Waals surface area contributed by atoms with E-state index in [1.165, 1.54) is 24.3 Å². The Morgan fingerprint density at radius 2 is 1.88 bits per heavy atom. The van der Waals surface area contributed by atoms with Crippen LogP contribution in [0.15, 0.2) is 42.6 Å². The quantitative estimate of drug-likeness (QED) is 0.366. The number of carbonyl (C=O) groups is 1. The lowest BCUT2D eigenvalue weighted by atomic mass is 10.2. The minimum atomic E-state index is -0.513. The first-order valence-electron chi connectivity index (χ1n) is 7.97. The fourth-order valence-electron chi connectivity index (χ4n) is 2.14. The minimum absolute atomic E-state index is 0.0624. The summed E-state index contributed by atoms with van der Waals surface area (Å²) in [6, 6.07) is 8.88. The third-order valence-electron chi connectivity index (χ3n) is 3.50. The van der Waals surface area contributed by atoms with E-state index in [4.69, 9.17) is 5.11 Å². The minimum Gasteiger partial charge on any atom is -0.396 e. The number of nitro groups is 1. The Morgan fingerprint density at radius 3 is 2.48 bits per heavy atom. The molecule has 0 bridgehead atoms. The van der Waals surface area contributed by atoms with Gasteiger partial charge in [0.1, 0.15) is 5.82 Å². The first kappa shape index (κ1) is 18.3. The number of nitrogens with zero attached hydrogens (tertiary/aromatic N) is 2. The number of benzene rings is 1. The number of rotatable bonds is 9. The van der Waals surface area contributed by atoms with Gasteiger partial charge in [0.25, 0.3) is 11.6 Å². The van der Waals surface area contributed by atoms with E-state index in [0.29, 0.717) is 17.1 Å². The Morgan fingerprint density at radius 1 is 1.12 bits per heavy atom. The molecule has 0 aliphatic rings. The Labute approximate surface area is 145 Å². The molecule has 0 radical (unpaired) electrons. The molecule has 0 aliphatic heterocycles. The van der Waals surface area contributed by atoms with E-state index in [-0.39, 0.29) is 18.2 Å². The second kappa shape index (κ2) is 9.33. The Balaban J connectivity index is 1.85. The topological polar surface area (TPSA) is 117 Å². The van der Waals surface area contributed by atoms with Crippen LogP contribution in [0.2, 0.25) is 0 Å². The predicted molar refractivity (Wildman–Crippen MR) is 94.7 cm³/mol. The van der Waals surface area contributed by atoms with E-state index in [2.05, 4.69) is 15.6 Å². The number of non-ortho nitro benzene ring substituents is 1. The summed E-state index contributed by atoms with van der Waals surface area (Å²) in [6.07, 6.45) is 4.23. The lowest BCUT2D eigenvalue weighted by Crippen LogP contribution is -2.12. The van der Waals surface area contributed by atoms with Crippen LogP contribution in [-0.4, -0.2) is 34.1 Å². The molecule has 2 aromatic rings. The lowest BCUT2D eigenvalue weighted by Gasteiger charge is -2.08. The summed E-state index contributed by atoms with van der Waals surface area (Å²) in [4.78, 5) is 26.4. The van der Waals surface area contributed by atoms with Gasteiger partial charge in [0.15, 0.2) is 0 Å². The largest absolute Gasteiger partial charge is 0.396 e. The van der Waals surface area contributed by atoms with Crippen molar-refractivity contribution in [1.82, 2.24) is 4.98 Å². The molecular weight excluding hydrogens is 324 g/mol. The average molecular weight is 344 g/mol. The van der Waals surface area contributed by atoms with Gasteiger partial charge in [-0.25, -0.2) is 4.98 Å². The maximum Gasteiger partial charge on any atom is 0.269 e. The molecule has 0 aliphatic carbocycles. The first-order valence-corrected chi connectivity index (χ1v) is 7.97. The molecule has 0 saturated heterocycles. The molecular formula is C17H20N4O4. The zero-order chi connectivity index (χ0) is 18.1. The van der Waals surface area contributed by atoms with Crippen LogP contribution < -0.4 is 10.6 Å². The molecule has 0 unspecified atom stereocenters. The molecule has 0 saturated carbocycles. The van der Waals surface area contributed by atoms with Crippen LogP contribution in [0.25, 0.3) is 0 Å². The van der Waals surface area contributed by atoms with Crippen molar-refractivity contribution in [2.75, 3.05) is 23.8 Å². The van der Waals surface area contributed by atoms with Gasteiger partial charge in [-0.3, -0.25) is 14.9 Å². The van der Waals surface area contributed by atoms with Gasteiger partial charge in [-0.05, 0) is 43.5 Å². The van der Waals surface area contributed by atoms with Crippen molar-refractivity contribution in [1.29, 1.82) is 0 Å². The maximum atomic E-state index is 12.1. The Hall–Kier alpha value is -3.00. The third kappa shape index (κ3) is 5.85. The van der Waals surface area contributed by atoms with Gasteiger partial charge in [0, 0.05) is 30.8 Å². The monoisotopic (exact) mass is 344 g/mol. The number of nitrogens with one attached hydrogen (secondary N) is 2. The van der Waals surface area contributed by atoms with Gasteiger partial charge in [0.2, 0.25) is 0 Å². The lowest BCUT2D eigenvalue weighted by molar-refractivity contribution is -0.384. The molecule has 8 heteroatoms. The smallest absolute Gasteiger partial charge is 0.269 e. The van der Waals surface area contributed by atoms with Crippen molar-refractivity contribution >= 4 is 23.1 Å². The summed E-state index contributed by atoms with van der Waals surface area (Å²) in [5.41, 5.74) is 0.804. The second-order valence-electron chi connectivity index (χ2n) is 5.40. The van der Waals surface area contributed by atoms with Gasteiger partial charge in [-0.1, -0.05) is 0 Å². The van der Waals surface area contributed by atoms with Crippen molar-refractivity contribution in [3.8, 4) is 0 Å². The van der Waals surface area contributed by atoms with Crippen molar-refractivity contribution < 1.29 is 14.8 Å². The number of amides is 1. The molecule has 3 N–H and O–H groups in total. The van der Waals surface area contributed by atoms with E-state index in [0.717, 1.165) is 25.8 Å². The van der Waals surface area contributed by atoms with Gasteiger partial charge >= 0.3 is 0 Å². The Kier molecular flexibility index (Phi) is 6.85. The van der Waals surface area contributed by atoms with Gasteiger partial charge < -0.3 is 15.7 Å². The fourth-order valence-corrected chi connectivity index (χ4v) is 2.14. The molecule has 0 atom stereocenters. The van der Waals surface area contributed by atoms with Crippen LogP contribution in [0, 0.1) is 10.1 Å². The zero-order valence-electron chi connectivity index (χ0n) is 13.6. The molecule has 132 valence electrons. The molecule has 8 nitrogen and oxygen atoms in total. The predicted octanol–water partition coefficient (Wildman–Crippen LogP) is 2.82. The summed E-state index contributed by atoms with van der Waals surface area (Å²) in [5.74, 6) is 0.346. The van der Waals surface area contributed by atoms with Crippen LogP contribution in [-0.2, 0) is 0 Å². The summed E-state index contributed by atoms with van der Waals surface area (Å²) in [5, 5.41) is 25.2. The summed E-state index contributed by atoms with van der Waals surface area (Å²) < 4.78 is 0. The van der Waals surface area contributed by atoms with Crippen LogP contribution >= 0.6 is 0 Å². The normalized spacial score (nSPS) is 10.3. The van der Waals surface area contributed by atoms with Gasteiger partial charge in [-0.2, -0.15) is 0 Å². The van der Waals surface area contributed by atoms with Crippen LogP contribution in [0.3, 0.4) is 0 Å². The number of hydrogen-bond acceptors (Lipinski definition) is 6. The van der Waals surface area contributed by atoms with E-state index < -0.39 is 4.92 Å². The average Bonchev–Trinajstić information content (AvgIpc) is 2.63. The van der Waals surface area contributed by atoms with Crippen molar-refractivity contribution in [2.24, 2.45) is 0 Å². The highest BCUT2D eigenvalue weighted by Gasteiger charge is 2.09. The fraction of sp³-hybridized carbons (Fsp3) is 0.294. The SMILES string of the molecule is O=C(Nc1ccc(NCCCCCO)nc1)c1ccc([N+](=O)[O-])cc1. The number of aliphatic hydroxyl groups is 1. The van der Waals surface area contributed by atoms with E-state index >= 15 is 0 Å². The molecule has 25 heavy (non-hydrogen) atoms. The molecule has 1 aromatic heterocycles. The van der Waals surface area contributed by atoms with Gasteiger partial charge in [-0.15, -0.1) is 0 Å². The molecule has 1 heterocycles. The summed E-state index contributed by atoms with van der Waals surface area (Å²) in [6.45, 7) is 0.975. The number of anilines is 2. The number of hydrogen-bond donors (Lipinski definition) is 3. The van der Waals surface area contributed by atoms with Crippen molar-refractivity contribution in [3.05, 3.63) is 58.3 Å². The van der Waals surface area contributed by atoms with E-state index in [1.807, 2.05) is 0 Å². The maximum absolute atomic E-state index is 12.1. The van der Waals surface area contributed by atoms with E-state index in [9.17, 15) is 14.9 Å². The van der Waals surface area contributed by atoms with Crippen LogP contribution in [0.1, 0.15) is 29.6 Å². The third-order valence-corrected chi connectivity index (χ3v) is 3.50. The van der Waals surface area contributed by atoms with Crippen LogP contribution in [0.4, 0.5) is 17.2 Å². The number of carbonyl (C=O) groups excluding carboxylic acids is 1. The number of aliphatic hydroxyl groups excluding tert-OH is 1. The van der Waals surface area contributed by atoms with Crippen molar-refractivity contribution in [3.63, 3.8) is 0 Å². The molecule has 1 amide bonds. The second-order valence-corrected chi connectivity index (χ2v) is 5.40. The Bertz CT molecular complexity index is 702. The number of pyridine rings is 1. The summed E-state index contributed by atoms with van der Waals surface area (Å²) >= 11 is 0. The highest BCUT2D eigenvalue weighted by atomic mass is 16.6. The van der Waals surface area contributed by atoms with Crippen molar-refractivity contribution in [2.45, 2.75) is 19.3 Å². The number of nitro benzene ring substituents is 1. The summed E-state index contributed by atoms with van der Waals surface area (Å²) in [7, 11) is 0. The van der Waals surface area contributed by atoms with Gasteiger partial charge in [0.05, 0.1) is 16.8 Å². The first-order chi connectivity index (χ1) is 12.1. The van der Waals surface area contributed by atoms with Crippen LogP contribution in [0.5, 0.6) is 0 Å². The standard InChI is InChI=1S/C17H20N4O4/c22-11-3-1-2-10-18-16-9-6-14(12-19-16)20-17(23)13-4-7-15(8-5-13)21(24)25/h4-9,12,22H,1-3,10-11H2,(H,18,19)(H,20,23). The molecule has 0 fully saturated rings.